The molecule has 0 bridgehead atoms. The van der Waals surface area contributed by atoms with E-state index in [1.807, 2.05) is 12.2 Å². The van der Waals surface area contributed by atoms with Gasteiger partial charge in [0.2, 0.25) is 0 Å². The van der Waals surface area contributed by atoms with Gasteiger partial charge >= 0.3 is 0 Å². The van der Waals surface area contributed by atoms with Crippen molar-refractivity contribution >= 4 is 22.0 Å². The molecule has 0 saturated carbocycles. The molecule has 1 aromatic carbocycles. The lowest BCUT2D eigenvalue weighted by atomic mass is 10.1. The summed E-state index contributed by atoms with van der Waals surface area (Å²) in [5.74, 6) is -0.230. The zero-order valence-electron chi connectivity index (χ0n) is 7.13. The van der Waals surface area contributed by atoms with Gasteiger partial charge in [-0.15, -0.1) is 0 Å². The molecule has 1 nitrogen and oxygen atoms in total. The quantitative estimate of drug-likeness (QED) is 0.813. The first-order valence-electron chi connectivity index (χ1n) is 3.99. The summed E-state index contributed by atoms with van der Waals surface area (Å²) in [6.07, 6.45) is 3.77. The monoisotopic (exact) mass is 243 g/mol. The second-order valence-corrected chi connectivity index (χ2v) is 3.25. The molecule has 0 atom stereocenters. The van der Waals surface area contributed by atoms with E-state index in [2.05, 4.69) is 15.9 Å². The molecule has 3 heteroatoms. The van der Waals surface area contributed by atoms with Gasteiger partial charge in [0.25, 0.3) is 0 Å². The van der Waals surface area contributed by atoms with Gasteiger partial charge in [0.15, 0.2) is 0 Å². The van der Waals surface area contributed by atoms with Crippen LogP contribution in [0.1, 0.15) is 11.1 Å². The second-order valence-electron chi connectivity index (χ2n) is 2.60. The van der Waals surface area contributed by atoms with Crippen LogP contribution in [-0.4, -0.2) is 5.33 Å². The molecule has 0 amide bonds. The molecule has 70 valence electrons. The minimum Gasteiger partial charge on any atom is -0.326 e. The van der Waals surface area contributed by atoms with Crippen LogP contribution in [0.15, 0.2) is 24.3 Å². The van der Waals surface area contributed by atoms with Crippen LogP contribution in [0, 0.1) is 5.82 Å². The Labute approximate surface area is 85.6 Å². The average molecular weight is 244 g/mol. The van der Waals surface area contributed by atoms with Crippen LogP contribution in [0.2, 0.25) is 0 Å². The fraction of sp³-hybridized carbons (Fsp3) is 0.200. The third-order valence-electron chi connectivity index (χ3n) is 1.71. The Morgan fingerprint density at radius 1 is 1.46 bits per heavy atom. The molecule has 0 spiro atoms. The molecule has 0 aliphatic rings. The van der Waals surface area contributed by atoms with Gasteiger partial charge in [-0.2, -0.15) is 0 Å². The summed E-state index contributed by atoms with van der Waals surface area (Å²) in [5, 5.41) is 0.757. The number of hydrogen-bond acceptors (Lipinski definition) is 1. The van der Waals surface area contributed by atoms with Gasteiger partial charge in [0.05, 0.1) is 0 Å². The van der Waals surface area contributed by atoms with E-state index >= 15 is 0 Å². The lowest BCUT2D eigenvalue weighted by Gasteiger charge is -2.02. The Bertz CT molecular complexity index is 310. The minimum atomic E-state index is -0.230. The molecule has 13 heavy (non-hydrogen) atoms. The number of hydrogen-bond donors (Lipinski definition) is 1. The van der Waals surface area contributed by atoms with E-state index in [1.54, 1.807) is 6.07 Å². The van der Waals surface area contributed by atoms with Gasteiger partial charge in [-0.25, -0.2) is 4.39 Å². The topological polar surface area (TPSA) is 26.0 Å². The molecule has 0 heterocycles. The molecule has 1 rings (SSSR count). The summed E-state index contributed by atoms with van der Waals surface area (Å²) in [6.45, 7) is 0.433. The lowest BCUT2D eigenvalue weighted by molar-refractivity contribution is 0.626. The van der Waals surface area contributed by atoms with Crippen molar-refractivity contribution < 1.29 is 4.39 Å². The molecule has 0 aromatic heterocycles. The van der Waals surface area contributed by atoms with Crippen molar-refractivity contribution in [3.63, 3.8) is 0 Å². The molecule has 0 saturated heterocycles. The normalized spacial score (nSPS) is 11.0. The van der Waals surface area contributed by atoms with E-state index in [1.165, 1.54) is 12.1 Å². The van der Waals surface area contributed by atoms with Crippen molar-refractivity contribution in [1.82, 2.24) is 0 Å². The third kappa shape index (κ3) is 2.94. The number of halogens is 2. The van der Waals surface area contributed by atoms with Gasteiger partial charge in [0, 0.05) is 11.9 Å². The SMILES string of the molecule is NCc1ccc(F)cc1C=CCBr. The standard InChI is InChI=1S/C10H11BrFN/c11-5-1-2-8-6-10(12)4-3-9(8)7-13/h1-4,6H,5,7,13H2. The minimum absolute atomic E-state index is 0.230. The van der Waals surface area contributed by atoms with Crippen molar-refractivity contribution in [3.8, 4) is 0 Å². The number of benzene rings is 1. The molecule has 0 aliphatic carbocycles. The summed E-state index contributed by atoms with van der Waals surface area (Å²) < 4.78 is 12.8. The molecule has 1 aromatic rings. The summed E-state index contributed by atoms with van der Waals surface area (Å²) in [6, 6.07) is 4.62. The Balaban J connectivity index is 3.01. The van der Waals surface area contributed by atoms with Crippen LogP contribution in [0.5, 0.6) is 0 Å². The molecule has 0 aliphatic heterocycles. The summed E-state index contributed by atoms with van der Waals surface area (Å²) in [4.78, 5) is 0. The zero-order chi connectivity index (χ0) is 9.68. The summed E-state index contributed by atoms with van der Waals surface area (Å²) in [5.41, 5.74) is 7.31. The molecular formula is C10H11BrFN. The van der Waals surface area contributed by atoms with E-state index in [9.17, 15) is 4.39 Å². The van der Waals surface area contributed by atoms with Crippen molar-refractivity contribution in [2.75, 3.05) is 5.33 Å². The van der Waals surface area contributed by atoms with E-state index in [4.69, 9.17) is 5.73 Å². The number of allylic oxidation sites excluding steroid dienone is 1. The maximum absolute atomic E-state index is 12.8. The van der Waals surface area contributed by atoms with Crippen molar-refractivity contribution in [1.29, 1.82) is 0 Å². The van der Waals surface area contributed by atoms with Gasteiger partial charge in [-0.05, 0) is 23.3 Å². The summed E-state index contributed by atoms with van der Waals surface area (Å²) >= 11 is 3.26. The van der Waals surface area contributed by atoms with Crippen LogP contribution in [0.4, 0.5) is 4.39 Å². The molecule has 0 fully saturated rings. The predicted molar refractivity (Wildman–Crippen MR) is 57.1 cm³/mol. The smallest absolute Gasteiger partial charge is 0.123 e. The highest BCUT2D eigenvalue weighted by Gasteiger charge is 1.98. The fourth-order valence-electron chi connectivity index (χ4n) is 1.08. The first kappa shape index (κ1) is 10.4. The predicted octanol–water partition coefficient (Wildman–Crippen LogP) is 2.69. The highest BCUT2D eigenvalue weighted by Crippen LogP contribution is 2.12. The van der Waals surface area contributed by atoms with Crippen LogP contribution in [0.25, 0.3) is 6.08 Å². The van der Waals surface area contributed by atoms with Crippen LogP contribution < -0.4 is 5.73 Å². The average Bonchev–Trinajstić information content (AvgIpc) is 2.15. The number of alkyl halides is 1. The van der Waals surface area contributed by atoms with Crippen molar-refractivity contribution in [3.05, 3.63) is 41.2 Å². The zero-order valence-corrected chi connectivity index (χ0v) is 8.72. The van der Waals surface area contributed by atoms with Crippen molar-refractivity contribution in [2.45, 2.75) is 6.54 Å². The second kappa shape index (κ2) is 5.14. The Morgan fingerprint density at radius 3 is 2.85 bits per heavy atom. The third-order valence-corrected chi connectivity index (χ3v) is 2.09. The van der Waals surface area contributed by atoms with Crippen molar-refractivity contribution in [2.24, 2.45) is 5.73 Å². The molecule has 2 N–H and O–H groups in total. The first-order chi connectivity index (χ1) is 6.27. The van der Waals surface area contributed by atoms with Crippen LogP contribution in [0.3, 0.4) is 0 Å². The lowest BCUT2D eigenvalue weighted by Crippen LogP contribution is -1.99. The van der Waals surface area contributed by atoms with Crippen LogP contribution in [-0.2, 0) is 6.54 Å². The van der Waals surface area contributed by atoms with Crippen LogP contribution >= 0.6 is 15.9 Å². The van der Waals surface area contributed by atoms with E-state index < -0.39 is 0 Å². The van der Waals surface area contributed by atoms with E-state index in [0.29, 0.717) is 6.54 Å². The Hall–Kier alpha value is -0.670. The number of nitrogens with two attached hydrogens (primary N) is 1. The van der Waals surface area contributed by atoms with E-state index in [0.717, 1.165) is 16.5 Å². The van der Waals surface area contributed by atoms with Gasteiger partial charge in [-0.1, -0.05) is 34.1 Å². The highest BCUT2D eigenvalue weighted by atomic mass is 79.9. The largest absolute Gasteiger partial charge is 0.326 e. The molecule has 0 unspecified atom stereocenters. The number of rotatable bonds is 3. The first-order valence-corrected chi connectivity index (χ1v) is 5.11. The van der Waals surface area contributed by atoms with Gasteiger partial charge in [-0.3, -0.25) is 0 Å². The Kier molecular flexibility index (Phi) is 4.12. The highest BCUT2D eigenvalue weighted by molar-refractivity contribution is 9.09. The van der Waals surface area contributed by atoms with Gasteiger partial charge < -0.3 is 5.73 Å². The molecule has 0 radical (unpaired) electrons. The Morgan fingerprint density at radius 2 is 2.23 bits per heavy atom. The van der Waals surface area contributed by atoms with Gasteiger partial charge in [0.1, 0.15) is 5.82 Å². The molecular weight excluding hydrogens is 233 g/mol. The fourth-order valence-corrected chi connectivity index (χ4v) is 1.27. The maximum atomic E-state index is 12.8. The summed E-state index contributed by atoms with van der Waals surface area (Å²) in [7, 11) is 0. The maximum Gasteiger partial charge on any atom is 0.123 e. The van der Waals surface area contributed by atoms with E-state index in [-0.39, 0.29) is 5.82 Å².